The van der Waals surface area contributed by atoms with E-state index in [1.165, 1.54) is 0 Å². The summed E-state index contributed by atoms with van der Waals surface area (Å²) in [4.78, 5) is 28.0. The number of rotatable bonds is 4. The molecule has 0 spiro atoms. The van der Waals surface area contributed by atoms with Crippen LogP contribution in [-0.4, -0.2) is 60.9 Å². The van der Waals surface area contributed by atoms with Gasteiger partial charge in [-0.3, -0.25) is 9.59 Å². The Morgan fingerprint density at radius 2 is 1.95 bits per heavy atom. The van der Waals surface area contributed by atoms with Crippen molar-refractivity contribution in [2.24, 2.45) is 5.73 Å². The summed E-state index contributed by atoms with van der Waals surface area (Å²) in [6.07, 6.45) is 0.353. The summed E-state index contributed by atoms with van der Waals surface area (Å²) in [5, 5.41) is 2.74. The molecule has 0 radical (unpaired) electrons. The molecule has 22 heavy (non-hydrogen) atoms. The predicted molar refractivity (Wildman–Crippen MR) is 86.5 cm³/mol. The number of amides is 2. The normalized spacial score (nSPS) is 17.1. The summed E-state index contributed by atoms with van der Waals surface area (Å²) < 4.78 is 0. The number of hydrogen-bond acceptors (Lipinski definition) is 4. The van der Waals surface area contributed by atoms with Gasteiger partial charge in [0.1, 0.15) is 0 Å². The maximum Gasteiger partial charge on any atom is 0.240 e. The zero-order valence-electron chi connectivity index (χ0n) is 13.2. The first-order valence-electron chi connectivity index (χ1n) is 7.57. The molecule has 0 aromatic heterocycles. The Balaban J connectivity index is 1.95. The number of piperazine rings is 1. The Bertz CT molecular complexity index is 537. The van der Waals surface area contributed by atoms with Crippen molar-refractivity contribution in [2.75, 3.05) is 38.5 Å². The fourth-order valence-corrected chi connectivity index (χ4v) is 2.36. The number of carbonyl (C=O) groups excluding carboxylic acids is 2. The van der Waals surface area contributed by atoms with E-state index in [-0.39, 0.29) is 11.8 Å². The Morgan fingerprint density at radius 3 is 2.59 bits per heavy atom. The van der Waals surface area contributed by atoms with Crippen LogP contribution in [0.1, 0.15) is 12.5 Å². The summed E-state index contributed by atoms with van der Waals surface area (Å²) in [5.41, 5.74) is 7.10. The summed E-state index contributed by atoms with van der Waals surface area (Å²) in [5.74, 6) is -0.105. The van der Waals surface area contributed by atoms with Gasteiger partial charge in [0.05, 0.1) is 12.5 Å². The molecule has 120 valence electrons. The van der Waals surface area contributed by atoms with Crippen LogP contribution in [-0.2, 0) is 16.0 Å². The number of nitrogens with two attached hydrogens (primary N) is 1. The van der Waals surface area contributed by atoms with E-state index in [9.17, 15) is 9.59 Å². The molecule has 2 rings (SSSR count). The van der Waals surface area contributed by atoms with E-state index in [1.54, 1.807) is 13.0 Å². The molecule has 0 saturated carbocycles. The van der Waals surface area contributed by atoms with Crippen molar-refractivity contribution in [3.05, 3.63) is 29.8 Å². The van der Waals surface area contributed by atoms with Crippen molar-refractivity contribution in [2.45, 2.75) is 19.4 Å². The number of carbonyl (C=O) groups is 2. The summed E-state index contributed by atoms with van der Waals surface area (Å²) in [6, 6.07) is 6.80. The number of benzene rings is 1. The Kier molecular flexibility index (Phi) is 5.51. The van der Waals surface area contributed by atoms with Gasteiger partial charge in [-0.15, -0.1) is 0 Å². The minimum atomic E-state index is -0.560. The van der Waals surface area contributed by atoms with E-state index in [0.717, 1.165) is 31.7 Å². The van der Waals surface area contributed by atoms with Crippen molar-refractivity contribution in [3.8, 4) is 0 Å². The molecule has 1 atom stereocenters. The Morgan fingerprint density at radius 1 is 1.27 bits per heavy atom. The fourth-order valence-electron chi connectivity index (χ4n) is 2.36. The molecule has 1 aliphatic rings. The van der Waals surface area contributed by atoms with Crippen LogP contribution >= 0.6 is 0 Å². The smallest absolute Gasteiger partial charge is 0.240 e. The molecular weight excluding hydrogens is 280 g/mol. The van der Waals surface area contributed by atoms with Gasteiger partial charge in [0.15, 0.2) is 0 Å². The molecule has 1 aromatic carbocycles. The van der Waals surface area contributed by atoms with Gasteiger partial charge in [-0.05, 0) is 31.7 Å². The van der Waals surface area contributed by atoms with Crippen molar-refractivity contribution < 1.29 is 9.59 Å². The van der Waals surface area contributed by atoms with Crippen molar-refractivity contribution >= 4 is 17.5 Å². The Labute approximate surface area is 131 Å². The van der Waals surface area contributed by atoms with Gasteiger partial charge in [0.25, 0.3) is 0 Å². The lowest BCUT2D eigenvalue weighted by Crippen LogP contribution is -2.47. The molecule has 1 saturated heterocycles. The summed E-state index contributed by atoms with van der Waals surface area (Å²) in [7, 11) is 2.06. The lowest BCUT2D eigenvalue weighted by Gasteiger charge is -2.32. The maximum atomic E-state index is 12.3. The van der Waals surface area contributed by atoms with Crippen molar-refractivity contribution in [3.63, 3.8) is 0 Å². The highest BCUT2D eigenvalue weighted by molar-refractivity contribution is 5.94. The molecule has 1 aromatic rings. The first-order chi connectivity index (χ1) is 10.5. The van der Waals surface area contributed by atoms with Crippen LogP contribution in [0.25, 0.3) is 0 Å². The molecule has 3 N–H and O–H groups in total. The van der Waals surface area contributed by atoms with Gasteiger partial charge >= 0.3 is 0 Å². The average Bonchev–Trinajstić information content (AvgIpc) is 2.48. The topological polar surface area (TPSA) is 78.7 Å². The van der Waals surface area contributed by atoms with Gasteiger partial charge in [0.2, 0.25) is 11.8 Å². The molecule has 1 fully saturated rings. The molecule has 6 heteroatoms. The van der Waals surface area contributed by atoms with Gasteiger partial charge < -0.3 is 20.9 Å². The molecule has 1 heterocycles. The van der Waals surface area contributed by atoms with Gasteiger partial charge in [-0.25, -0.2) is 0 Å². The largest absolute Gasteiger partial charge is 0.340 e. The molecule has 1 unspecified atom stereocenters. The van der Waals surface area contributed by atoms with Crippen LogP contribution in [0.2, 0.25) is 0 Å². The second-order valence-electron chi connectivity index (χ2n) is 5.84. The SMILES string of the molecule is CC(N)C(=O)Nc1cccc(CC(=O)N2CCN(C)CC2)c1. The van der Waals surface area contributed by atoms with Gasteiger partial charge in [-0.1, -0.05) is 12.1 Å². The lowest BCUT2D eigenvalue weighted by molar-refractivity contribution is -0.132. The van der Waals surface area contributed by atoms with Crippen molar-refractivity contribution in [1.29, 1.82) is 0 Å². The van der Waals surface area contributed by atoms with Gasteiger partial charge in [0, 0.05) is 31.9 Å². The number of hydrogen-bond donors (Lipinski definition) is 2. The van der Waals surface area contributed by atoms with Gasteiger partial charge in [-0.2, -0.15) is 0 Å². The quantitative estimate of drug-likeness (QED) is 0.838. The zero-order valence-corrected chi connectivity index (χ0v) is 13.2. The predicted octanol–water partition coefficient (Wildman–Crippen LogP) is 0.289. The van der Waals surface area contributed by atoms with E-state index in [1.807, 2.05) is 23.1 Å². The minimum Gasteiger partial charge on any atom is -0.340 e. The average molecular weight is 304 g/mol. The van der Waals surface area contributed by atoms with E-state index < -0.39 is 6.04 Å². The van der Waals surface area contributed by atoms with E-state index in [2.05, 4.69) is 17.3 Å². The van der Waals surface area contributed by atoms with E-state index >= 15 is 0 Å². The van der Waals surface area contributed by atoms with Crippen LogP contribution in [0.15, 0.2) is 24.3 Å². The van der Waals surface area contributed by atoms with Crippen LogP contribution in [0.3, 0.4) is 0 Å². The van der Waals surface area contributed by atoms with E-state index in [0.29, 0.717) is 12.1 Å². The molecule has 0 aliphatic carbocycles. The third-order valence-corrected chi connectivity index (χ3v) is 3.82. The van der Waals surface area contributed by atoms with Crippen molar-refractivity contribution in [1.82, 2.24) is 9.80 Å². The molecule has 2 amide bonds. The molecule has 6 nitrogen and oxygen atoms in total. The fraction of sp³-hybridized carbons (Fsp3) is 0.500. The second-order valence-corrected chi connectivity index (χ2v) is 5.84. The number of likely N-dealkylation sites (N-methyl/N-ethyl adjacent to an activating group) is 1. The van der Waals surface area contributed by atoms with Crippen LogP contribution in [0, 0.1) is 0 Å². The second kappa shape index (κ2) is 7.38. The standard InChI is InChI=1S/C16H24N4O2/c1-12(17)16(22)18-14-5-3-4-13(10-14)11-15(21)20-8-6-19(2)7-9-20/h3-5,10,12H,6-9,11,17H2,1-2H3,(H,18,22). The third-order valence-electron chi connectivity index (χ3n) is 3.82. The highest BCUT2D eigenvalue weighted by Gasteiger charge is 2.19. The molecule has 0 bridgehead atoms. The Hall–Kier alpha value is -1.92. The van der Waals surface area contributed by atoms with Crippen LogP contribution < -0.4 is 11.1 Å². The highest BCUT2D eigenvalue weighted by Crippen LogP contribution is 2.13. The number of anilines is 1. The third kappa shape index (κ3) is 4.54. The zero-order chi connectivity index (χ0) is 16.1. The van der Waals surface area contributed by atoms with Crippen LogP contribution in [0.4, 0.5) is 5.69 Å². The highest BCUT2D eigenvalue weighted by atomic mass is 16.2. The monoisotopic (exact) mass is 304 g/mol. The summed E-state index contributed by atoms with van der Waals surface area (Å²) >= 11 is 0. The minimum absolute atomic E-state index is 0.128. The maximum absolute atomic E-state index is 12.3. The van der Waals surface area contributed by atoms with E-state index in [4.69, 9.17) is 5.73 Å². The lowest BCUT2D eigenvalue weighted by atomic mass is 10.1. The first-order valence-corrected chi connectivity index (χ1v) is 7.57. The van der Waals surface area contributed by atoms with Crippen LogP contribution in [0.5, 0.6) is 0 Å². The first kappa shape index (κ1) is 16.5. The molecule has 1 aliphatic heterocycles. The molecular formula is C16H24N4O2. The summed E-state index contributed by atoms with van der Waals surface area (Å²) in [6.45, 7) is 5.01. The number of nitrogens with zero attached hydrogens (tertiary/aromatic N) is 2. The number of nitrogens with one attached hydrogen (secondary N) is 1.